The molecule has 4 rings (SSSR count). The summed E-state index contributed by atoms with van der Waals surface area (Å²) in [6, 6.07) is 16.8. The quantitative estimate of drug-likeness (QED) is 0.643. The van der Waals surface area contributed by atoms with Crippen LogP contribution in [0.4, 0.5) is 4.39 Å². The lowest BCUT2D eigenvalue weighted by molar-refractivity contribution is 0.0902. The van der Waals surface area contributed by atoms with Crippen LogP contribution in [0.3, 0.4) is 0 Å². The monoisotopic (exact) mass is 436 g/mol. The molecule has 1 aliphatic rings. The van der Waals surface area contributed by atoms with Crippen LogP contribution in [0.5, 0.6) is 5.75 Å². The summed E-state index contributed by atoms with van der Waals surface area (Å²) < 4.78 is 20.1. The van der Waals surface area contributed by atoms with Crippen molar-refractivity contribution in [3.63, 3.8) is 0 Å². The van der Waals surface area contributed by atoms with E-state index in [0.717, 1.165) is 31.5 Å². The minimum absolute atomic E-state index is 0.0188. The van der Waals surface area contributed by atoms with Gasteiger partial charge in [-0.05, 0) is 48.7 Å². The van der Waals surface area contributed by atoms with Gasteiger partial charge in [0.05, 0.1) is 12.8 Å². The van der Waals surface area contributed by atoms with Gasteiger partial charge < -0.3 is 10.1 Å². The molecule has 0 radical (unpaired) electrons. The number of aromatic nitrogens is 2. The Morgan fingerprint density at radius 2 is 1.88 bits per heavy atom. The Morgan fingerprint density at radius 1 is 1.12 bits per heavy atom. The van der Waals surface area contributed by atoms with Gasteiger partial charge in [0.1, 0.15) is 5.69 Å². The van der Waals surface area contributed by atoms with E-state index in [4.69, 9.17) is 4.74 Å². The zero-order valence-corrected chi connectivity index (χ0v) is 17.8. The summed E-state index contributed by atoms with van der Waals surface area (Å²) in [6.45, 7) is 2.22. The molecule has 3 aromatic rings. The van der Waals surface area contributed by atoms with Crippen molar-refractivity contribution in [3.05, 3.63) is 88.1 Å². The number of benzene rings is 2. The molecule has 0 unspecified atom stereocenters. The Bertz CT molecular complexity index is 1140. The molecule has 1 aliphatic heterocycles. The summed E-state index contributed by atoms with van der Waals surface area (Å²) in [7, 11) is 1.45. The smallest absolute Gasteiger partial charge is 0.271 e. The van der Waals surface area contributed by atoms with Gasteiger partial charge in [-0.1, -0.05) is 24.3 Å². The first-order chi connectivity index (χ1) is 15.5. The zero-order valence-electron chi connectivity index (χ0n) is 17.8. The van der Waals surface area contributed by atoms with Gasteiger partial charge in [-0.15, -0.1) is 0 Å². The van der Waals surface area contributed by atoms with Crippen molar-refractivity contribution in [2.75, 3.05) is 20.2 Å². The number of hydrogen-bond acceptors (Lipinski definition) is 5. The maximum atomic E-state index is 13.9. The molecule has 7 nitrogen and oxygen atoms in total. The van der Waals surface area contributed by atoms with E-state index in [1.54, 1.807) is 18.2 Å². The van der Waals surface area contributed by atoms with E-state index in [0.29, 0.717) is 12.2 Å². The van der Waals surface area contributed by atoms with E-state index >= 15 is 0 Å². The number of nitrogens with zero attached hydrogens (tertiary/aromatic N) is 3. The van der Waals surface area contributed by atoms with Gasteiger partial charge in [-0.2, -0.15) is 9.78 Å². The predicted molar refractivity (Wildman–Crippen MR) is 119 cm³/mol. The van der Waals surface area contributed by atoms with Crippen LogP contribution in [0.15, 0.2) is 65.5 Å². The van der Waals surface area contributed by atoms with Crippen molar-refractivity contribution in [1.82, 2.24) is 20.0 Å². The van der Waals surface area contributed by atoms with Crippen LogP contribution in [0.1, 0.15) is 28.9 Å². The molecular formula is C24H25FN4O3. The topological polar surface area (TPSA) is 76.5 Å². The van der Waals surface area contributed by atoms with E-state index in [2.05, 4.69) is 15.3 Å². The average molecular weight is 436 g/mol. The van der Waals surface area contributed by atoms with Gasteiger partial charge in [0, 0.05) is 31.7 Å². The molecule has 166 valence electrons. The third kappa shape index (κ3) is 5.03. The Labute approximate surface area is 185 Å². The number of carbonyl (C=O) groups excluding carboxylic acids is 1. The van der Waals surface area contributed by atoms with Gasteiger partial charge in [0.25, 0.3) is 11.5 Å². The van der Waals surface area contributed by atoms with Gasteiger partial charge in [-0.25, -0.2) is 4.39 Å². The summed E-state index contributed by atoms with van der Waals surface area (Å²) >= 11 is 0. The highest BCUT2D eigenvalue weighted by molar-refractivity contribution is 5.92. The molecule has 0 saturated carbocycles. The lowest BCUT2D eigenvalue weighted by Gasteiger charge is -2.32. The number of halogens is 1. The standard InChI is InChI=1S/C24H25FN4O3/c1-32-22-9-7-17(15-20(22)25)16-28-13-11-18(12-14-28)26-24(31)21-8-10-23(30)29(27-21)19-5-3-2-4-6-19/h2-10,15,18H,11-14,16H2,1H3,(H,26,31). The number of likely N-dealkylation sites (tertiary alicyclic amines) is 1. The lowest BCUT2D eigenvalue weighted by Crippen LogP contribution is -2.44. The first kappa shape index (κ1) is 21.7. The van der Waals surface area contributed by atoms with Crippen molar-refractivity contribution in [3.8, 4) is 11.4 Å². The van der Waals surface area contributed by atoms with Crippen molar-refractivity contribution in [1.29, 1.82) is 0 Å². The van der Waals surface area contributed by atoms with Crippen molar-refractivity contribution in [2.45, 2.75) is 25.4 Å². The number of carbonyl (C=O) groups is 1. The molecule has 0 bridgehead atoms. The molecule has 1 N–H and O–H groups in total. The molecular weight excluding hydrogens is 411 g/mol. The van der Waals surface area contributed by atoms with E-state index in [-0.39, 0.29) is 34.8 Å². The normalized spacial score (nSPS) is 14.8. The number of rotatable bonds is 6. The summed E-state index contributed by atoms with van der Waals surface area (Å²) in [5, 5.41) is 7.26. The molecule has 1 saturated heterocycles. The van der Waals surface area contributed by atoms with Crippen LogP contribution in [-0.2, 0) is 6.54 Å². The summed E-state index contributed by atoms with van der Waals surface area (Å²) in [4.78, 5) is 27.1. The molecule has 0 atom stereocenters. The molecule has 0 aliphatic carbocycles. The molecule has 1 fully saturated rings. The van der Waals surface area contributed by atoms with Crippen molar-refractivity contribution < 1.29 is 13.9 Å². The van der Waals surface area contributed by atoms with Crippen LogP contribution in [-0.4, -0.2) is 46.8 Å². The van der Waals surface area contributed by atoms with Gasteiger partial charge >= 0.3 is 0 Å². The highest BCUT2D eigenvalue weighted by Gasteiger charge is 2.22. The first-order valence-electron chi connectivity index (χ1n) is 10.5. The number of nitrogens with one attached hydrogen (secondary N) is 1. The Kier molecular flexibility index (Phi) is 6.61. The summed E-state index contributed by atoms with van der Waals surface area (Å²) in [5.74, 6) is -0.427. The van der Waals surface area contributed by atoms with Crippen LogP contribution in [0, 0.1) is 5.82 Å². The highest BCUT2D eigenvalue weighted by atomic mass is 19.1. The fourth-order valence-corrected chi connectivity index (χ4v) is 3.85. The zero-order chi connectivity index (χ0) is 22.5. The number of amides is 1. The molecule has 0 spiro atoms. The van der Waals surface area contributed by atoms with Gasteiger partial charge in [0.15, 0.2) is 11.6 Å². The largest absolute Gasteiger partial charge is 0.494 e. The van der Waals surface area contributed by atoms with Crippen LogP contribution in [0.2, 0.25) is 0 Å². The van der Waals surface area contributed by atoms with Crippen molar-refractivity contribution >= 4 is 5.91 Å². The summed E-state index contributed by atoms with van der Waals surface area (Å²) in [6.07, 6.45) is 1.56. The second-order valence-corrected chi connectivity index (χ2v) is 7.80. The molecule has 1 aromatic heterocycles. The van der Waals surface area contributed by atoms with Gasteiger partial charge in [0.2, 0.25) is 0 Å². The van der Waals surface area contributed by atoms with E-state index in [1.807, 2.05) is 24.3 Å². The number of piperidine rings is 1. The SMILES string of the molecule is COc1ccc(CN2CCC(NC(=O)c3ccc(=O)n(-c4ccccc4)n3)CC2)cc1F. The molecule has 1 amide bonds. The minimum atomic E-state index is -0.364. The Morgan fingerprint density at radius 3 is 2.56 bits per heavy atom. The van der Waals surface area contributed by atoms with Crippen LogP contribution in [0.25, 0.3) is 5.69 Å². The lowest BCUT2D eigenvalue weighted by atomic mass is 10.0. The maximum absolute atomic E-state index is 13.9. The Balaban J connectivity index is 1.34. The first-order valence-corrected chi connectivity index (χ1v) is 10.5. The third-order valence-corrected chi connectivity index (χ3v) is 5.58. The fourth-order valence-electron chi connectivity index (χ4n) is 3.85. The number of para-hydroxylation sites is 1. The van der Waals surface area contributed by atoms with E-state index < -0.39 is 0 Å². The van der Waals surface area contributed by atoms with Crippen LogP contribution < -0.4 is 15.6 Å². The second-order valence-electron chi connectivity index (χ2n) is 7.80. The fraction of sp³-hybridized carbons (Fsp3) is 0.292. The average Bonchev–Trinajstić information content (AvgIpc) is 2.81. The molecule has 8 heteroatoms. The van der Waals surface area contributed by atoms with Gasteiger partial charge in [-0.3, -0.25) is 14.5 Å². The second kappa shape index (κ2) is 9.74. The minimum Gasteiger partial charge on any atom is -0.494 e. The van der Waals surface area contributed by atoms with Crippen LogP contribution >= 0.6 is 0 Å². The molecule has 32 heavy (non-hydrogen) atoms. The number of ether oxygens (including phenoxy) is 1. The van der Waals surface area contributed by atoms with E-state index in [1.165, 1.54) is 30.0 Å². The molecule has 2 heterocycles. The third-order valence-electron chi connectivity index (χ3n) is 5.58. The number of methoxy groups -OCH3 is 1. The number of hydrogen-bond donors (Lipinski definition) is 1. The predicted octanol–water partition coefficient (Wildman–Crippen LogP) is 2.77. The van der Waals surface area contributed by atoms with Crippen molar-refractivity contribution in [2.24, 2.45) is 0 Å². The Hall–Kier alpha value is -3.52. The highest BCUT2D eigenvalue weighted by Crippen LogP contribution is 2.20. The molecule has 2 aromatic carbocycles. The maximum Gasteiger partial charge on any atom is 0.271 e. The summed E-state index contributed by atoms with van der Waals surface area (Å²) in [5.41, 5.74) is 1.40. The van der Waals surface area contributed by atoms with E-state index in [9.17, 15) is 14.0 Å².